The number of carboxylic acid groups (broad SMARTS) is 1. The zero-order chi connectivity index (χ0) is 15.0. The number of aliphatic carboxylic acids is 1. The zero-order valence-electron chi connectivity index (χ0n) is 12.1. The van der Waals surface area contributed by atoms with E-state index in [-0.39, 0.29) is 5.57 Å². The molecule has 1 aromatic carbocycles. The number of nitrogens with zero attached hydrogens (tertiary/aromatic N) is 1. The number of halogens is 1. The van der Waals surface area contributed by atoms with Crippen molar-refractivity contribution in [1.82, 2.24) is 4.57 Å². The van der Waals surface area contributed by atoms with Crippen LogP contribution in [0.3, 0.4) is 0 Å². The number of carbonyl (C=O) groups is 1. The van der Waals surface area contributed by atoms with Crippen molar-refractivity contribution in [2.45, 2.75) is 26.7 Å². The van der Waals surface area contributed by atoms with Gasteiger partial charge < -0.3 is 9.67 Å². The van der Waals surface area contributed by atoms with Crippen molar-refractivity contribution in [1.29, 1.82) is 0 Å². The molecule has 2 rings (SSSR count). The van der Waals surface area contributed by atoms with E-state index in [0.717, 1.165) is 16.5 Å². The lowest BCUT2D eigenvalue weighted by Gasteiger charge is -2.05. The van der Waals surface area contributed by atoms with Crippen molar-refractivity contribution in [3.05, 3.63) is 40.1 Å². The molecule has 0 radical (unpaired) electrons. The summed E-state index contributed by atoms with van der Waals surface area (Å²) in [6.45, 7) is 5.83. The number of aryl methyl sites for hydroxylation is 1. The first-order chi connectivity index (χ1) is 9.32. The van der Waals surface area contributed by atoms with E-state index in [9.17, 15) is 4.79 Å². The molecule has 0 unspecified atom stereocenters. The van der Waals surface area contributed by atoms with Crippen LogP contribution in [0.2, 0.25) is 5.15 Å². The number of hydrogen-bond donors (Lipinski definition) is 1. The van der Waals surface area contributed by atoms with E-state index in [0.29, 0.717) is 11.1 Å². The molecule has 0 aliphatic heterocycles. The van der Waals surface area contributed by atoms with Gasteiger partial charge >= 0.3 is 5.97 Å². The van der Waals surface area contributed by atoms with Crippen LogP contribution in [0, 0.1) is 0 Å². The SMILES string of the molecule is C/C(=C\c1c(Cl)n(C)c2ccc(C(C)C)cc12)C(=O)O. The van der Waals surface area contributed by atoms with Gasteiger partial charge in [0.05, 0.1) is 0 Å². The van der Waals surface area contributed by atoms with Gasteiger partial charge in [0.15, 0.2) is 0 Å². The number of carboxylic acids is 1. The molecule has 0 aliphatic rings. The van der Waals surface area contributed by atoms with Crippen LogP contribution in [-0.2, 0) is 11.8 Å². The molecule has 1 heterocycles. The normalized spacial score (nSPS) is 12.4. The Bertz CT molecular complexity index is 711. The van der Waals surface area contributed by atoms with Crippen LogP contribution in [-0.4, -0.2) is 15.6 Å². The summed E-state index contributed by atoms with van der Waals surface area (Å²) >= 11 is 6.34. The van der Waals surface area contributed by atoms with Gasteiger partial charge in [-0.25, -0.2) is 4.79 Å². The van der Waals surface area contributed by atoms with Crippen LogP contribution in [0.4, 0.5) is 0 Å². The molecule has 106 valence electrons. The maximum Gasteiger partial charge on any atom is 0.331 e. The third-order valence-electron chi connectivity index (χ3n) is 3.55. The molecule has 0 fully saturated rings. The highest BCUT2D eigenvalue weighted by atomic mass is 35.5. The topological polar surface area (TPSA) is 42.2 Å². The Labute approximate surface area is 123 Å². The molecule has 0 bridgehead atoms. The Morgan fingerprint density at radius 2 is 2.05 bits per heavy atom. The van der Waals surface area contributed by atoms with Crippen LogP contribution in [0.5, 0.6) is 0 Å². The lowest BCUT2D eigenvalue weighted by atomic mass is 10.00. The fraction of sp³-hybridized carbons (Fsp3) is 0.312. The van der Waals surface area contributed by atoms with Crippen molar-refractivity contribution in [3.8, 4) is 0 Å². The number of benzene rings is 1. The Hall–Kier alpha value is -1.74. The van der Waals surface area contributed by atoms with Crippen molar-refractivity contribution in [2.24, 2.45) is 7.05 Å². The monoisotopic (exact) mass is 291 g/mol. The molecule has 0 spiro atoms. The molecule has 4 heteroatoms. The number of hydrogen-bond acceptors (Lipinski definition) is 1. The molecule has 1 N–H and O–H groups in total. The van der Waals surface area contributed by atoms with E-state index in [1.54, 1.807) is 13.0 Å². The third-order valence-corrected chi connectivity index (χ3v) is 4.01. The van der Waals surface area contributed by atoms with Crippen LogP contribution >= 0.6 is 11.6 Å². The van der Waals surface area contributed by atoms with Crippen molar-refractivity contribution in [2.75, 3.05) is 0 Å². The quantitative estimate of drug-likeness (QED) is 0.849. The first-order valence-corrected chi connectivity index (χ1v) is 6.90. The van der Waals surface area contributed by atoms with E-state index >= 15 is 0 Å². The molecular weight excluding hydrogens is 274 g/mol. The van der Waals surface area contributed by atoms with Gasteiger partial charge in [0, 0.05) is 29.1 Å². The van der Waals surface area contributed by atoms with Crippen LogP contribution in [0.1, 0.15) is 37.8 Å². The second-order valence-electron chi connectivity index (χ2n) is 5.33. The van der Waals surface area contributed by atoms with E-state index in [2.05, 4.69) is 26.0 Å². The highest BCUT2D eigenvalue weighted by molar-refractivity contribution is 6.33. The maximum atomic E-state index is 11.0. The summed E-state index contributed by atoms with van der Waals surface area (Å²) < 4.78 is 1.88. The summed E-state index contributed by atoms with van der Waals surface area (Å²) in [5.41, 5.74) is 3.26. The van der Waals surface area contributed by atoms with Crippen LogP contribution < -0.4 is 0 Å². The summed E-state index contributed by atoms with van der Waals surface area (Å²) in [6, 6.07) is 6.21. The van der Waals surface area contributed by atoms with Gasteiger partial charge in [-0.2, -0.15) is 0 Å². The predicted octanol–water partition coefficient (Wildman–Crippen LogP) is 4.44. The fourth-order valence-electron chi connectivity index (χ4n) is 2.23. The molecule has 0 aliphatic carbocycles. The molecule has 2 aromatic rings. The van der Waals surface area contributed by atoms with E-state index in [4.69, 9.17) is 16.7 Å². The number of rotatable bonds is 3. The maximum absolute atomic E-state index is 11.0. The second-order valence-corrected chi connectivity index (χ2v) is 5.69. The predicted molar refractivity (Wildman–Crippen MR) is 83.3 cm³/mol. The lowest BCUT2D eigenvalue weighted by molar-refractivity contribution is -0.132. The Morgan fingerprint density at radius 1 is 1.40 bits per heavy atom. The molecule has 0 saturated heterocycles. The molecule has 1 aromatic heterocycles. The number of aromatic nitrogens is 1. The highest BCUT2D eigenvalue weighted by Gasteiger charge is 2.14. The first kappa shape index (κ1) is 14.7. The molecule has 20 heavy (non-hydrogen) atoms. The minimum atomic E-state index is -0.932. The van der Waals surface area contributed by atoms with Crippen molar-refractivity contribution >= 4 is 34.5 Å². The third kappa shape index (κ3) is 2.46. The van der Waals surface area contributed by atoms with Crippen LogP contribution in [0.15, 0.2) is 23.8 Å². The second kappa shape index (κ2) is 5.33. The average molecular weight is 292 g/mol. The Morgan fingerprint density at radius 3 is 2.60 bits per heavy atom. The van der Waals surface area contributed by atoms with Gasteiger partial charge in [-0.15, -0.1) is 0 Å². The van der Waals surface area contributed by atoms with Gasteiger partial charge in [0.2, 0.25) is 0 Å². The van der Waals surface area contributed by atoms with E-state index < -0.39 is 5.97 Å². The van der Waals surface area contributed by atoms with Gasteiger partial charge in [-0.1, -0.05) is 31.5 Å². The largest absolute Gasteiger partial charge is 0.478 e. The fourth-order valence-corrected chi connectivity index (χ4v) is 2.48. The Balaban J connectivity index is 2.75. The number of fused-ring (bicyclic) bond motifs is 1. The zero-order valence-corrected chi connectivity index (χ0v) is 12.8. The van der Waals surface area contributed by atoms with Crippen LogP contribution in [0.25, 0.3) is 17.0 Å². The summed E-state index contributed by atoms with van der Waals surface area (Å²) in [6.07, 6.45) is 1.64. The average Bonchev–Trinajstić information content (AvgIpc) is 2.63. The Kier molecular flexibility index (Phi) is 3.91. The van der Waals surface area contributed by atoms with Crippen molar-refractivity contribution < 1.29 is 9.90 Å². The van der Waals surface area contributed by atoms with Gasteiger partial charge in [-0.05, 0) is 36.6 Å². The smallest absolute Gasteiger partial charge is 0.331 e. The summed E-state index contributed by atoms with van der Waals surface area (Å²) in [7, 11) is 1.88. The standard InChI is InChI=1S/C16H18ClNO2/c1-9(2)11-5-6-14-12(8-11)13(15(17)18(14)4)7-10(3)16(19)20/h5-9H,1-4H3,(H,19,20)/b10-7+. The van der Waals surface area contributed by atoms with E-state index in [1.807, 2.05) is 17.7 Å². The van der Waals surface area contributed by atoms with Crippen molar-refractivity contribution in [3.63, 3.8) is 0 Å². The molecule has 0 saturated carbocycles. The first-order valence-electron chi connectivity index (χ1n) is 6.52. The van der Waals surface area contributed by atoms with Gasteiger partial charge in [-0.3, -0.25) is 0 Å². The molecule has 3 nitrogen and oxygen atoms in total. The van der Waals surface area contributed by atoms with Gasteiger partial charge in [0.1, 0.15) is 5.15 Å². The summed E-state index contributed by atoms with van der Waals surface area (Å²) in [5, 5.41) is 10.6. The van der Waals surface area contributed by atoms with E-state index in [1.165, 1.54) is 5.56 Å². The minimum Gasteiger partial charge on any atom is -0.478 e. The van der Waals surface area contributed by atoms with Gasteiger partial charge in [0.25, 0.3) is 0 Å². The molecule has 0 atom stereocenters. The summed E-state index contributed by atoms with van der Waals surface area (Å²) in [4.78, 5) is 11.0. The molecular formula is C16H18ClNO2. The highest BCUT2D eigenvalue weighted by Crippen LogP contribution is 2.33. The minimum absolute atomic E-state index is 0.273. The summed E-state index contributed by atoms with van der Waals surface area (Å²) in [5.74, 6) is -0.520. The molecule has 0 amide bonds. The lowest BCUT2D eigenvalue weighted by Crippen LogP contribution is -1.95.